The van der Waals surface area contributed by atoms with Crippen molar-refractivity contribution in [3.8, 4) is 5.75 Å². The molecule has 5 nitrogen and oxygen atoms in total. The second-order valence-corrected chi connectivity index (χ2v) is 7.85. The summed E-state index contributed by atoms with van der Waals surface area (Å²) in [6.07, 6.45) is 0.491. The SMILES string of the molecule is CCNC(=O)C(CC)N(Cc1ccccc1Cl)C(=O)COc1ccc(C(C)C)cc1. The van der Waals surface area contributed by atoms with Crippen LogP contribution in [0.25, 0.3) is 0 Å². The summed E-state index contributed by atoms with van der Waals surface area (Å²) in [6.45, 7) is 8.58. The molecule has 1 atom stereocenters. The normalized spacial score (nSPS) is 11.8. The zero-order valence-corrected chi connectivity index (χ0v) is 18.9. The van der Waals surface area contributed by atoms with E-state index in [0.29, 0.717) is 29.7 Å². The summed E-state index contributed by atoms with van der Waals surface area (Å²) in [7, 11) is 0. The van der Waals surface area contributed by atoms with Crippen LogP contribution in [0.15, 0.2) is 48.5 Å². The Morgan fingerprint density at radius 2 is 1.73 bits per heavy atom. The molecule has 30 heavy (non-hydrogen) atoms. The van der Waals surface area contributed by atoms with Crippen LogP contribution < -0.4 is 10.1 Å². The van der Waals surface area contributed by atoms with E-state index in [9.17, 15) is 9.59 Å². The van der Waals surface area contributed by atoms with Gasteiger partial charge >= 0.3 is 0 Å². The highest BCUT2D eigenvalue weighted by Crippen LogP contribution is 2.21. The van der Waals surface area contributed by atoms with Crippen LogP contribution in [-0.2, 0) is 16.1 Å². The lowest BCUT2D eigenvalue weighted by molar-refractivity contribution is -0.142. The summed E-state index contributed by atoms with van der Waals surface area (Å²) in [5.74, 6) is 0.605. The molecule has 0 spiro atoms. The number of halogens is 1. The third-order valence-corrected chi connectivity index (χ3v) is 5.31. The predicted molar refractivity (Wildman–Crippen MR) is 121 cm³/mol. The Morgan fingerprint density at radius 3 is 2.30 bits per heavy atom. The quantitative estimate of drug-likeness (QED) is 0.589. The number of carbonyl (C=O) groups excluding carboxylic acids is 2. The van der Waals surface area contributed by atoms with Crippen LogP contribution in [-0.4, -0.2) is 35.9 Å². The van der Waals surface area contributed by atoms with E-state index in [0.717, 1.165) is 5.56 Å². The van der Waals surface area contributed by atoms with Crippen molar-refractivity contribution < 1.29 is 14.3 Å². The van der Waals surface area contributed by atoms with E-state index >= 15 is 0 Å². The van der Waals surface area contributed by atoms with Gasteiger partial charge in [0.1, 0.15) is 11.8 Å². The number of benzene rings is 2. The van der Waals surface area contributed by atoms with Crippen molar-refractivity contribution in [2.24, 2.45) is 0 Å². The molecule has 0 aliphatic carbocycles. The van der Waals surface area contributed by atoms with E-state index in [1.807, 2.05) is 56.3 Å². The van der Waals surface area contributed by atoms with Gasteiger partial charge in [0, 0.05) is 18.1 Å². The molecule has 162 valence electrons. The minimum Gasteiger partial charge on any atom is -0.484 e. The maximum Gasteiger partial charge on any atom is 0.261 e. The molecule has 2 rings (SSSR count). The topological polar surface area (TPSA) is 58.6 Å². The summed E-state index contributed by atoms with van der Waals surface area (Å²) < 4.78 is 5.73. The van der Waals surface area contributed by atoms with Gasteiger partial charge in [-0.15, -0.1) is 0 Å². The summed E-state index contributed by atoms with van der Waals surface area (Å²) in [5.41, 5.74) is 1.99. The Balaban J connectivity index is 2.18. The van der Waals surface area contributed by atoms with Gasteiger partial charge in [-0.05, 0) is 48.6 Å². The van der Waals surface area contributed by atoms with Crippen LogP contribution in [0.1, 0.15) is 51.2 Å². The summed E-state index contributed by atoms with van der Waals surface area (Å²) in [4.78, 5) is 27.2. The van der Waals surface area contributed by atoms with Crippen molar-refractivity contribution in [1.82, 2.24) is 10.2 Å². The minimum absolute atomic E-state index is 0.151. The number of amides is 2. The van der Waals surface area contributed by atoms with Gasteiger partial charge in [-0.25, -0.2) is 0 Å². The average Bonchev–Trinajstić information content (AvgIpc) is 2.73. The molecule has 0 saturated carbocycles. The van der Waals surface area contributed by atoms with E-state index < -0.39 is 6.04 Å². The molecule has 6 heteroatoms. The van der Waals surface area contributed by atoms with Gasteiger partial charge in [-0.3, -0.25) is 9.59 Å². The third kappa shape index (κ3) is 6.49. The van der Waals surface area contributed by atoms with Crippen molar-refractivity contribution in [2.45, 2.75) is 52.6 Å². The fraction of sp³-hybridized carbons (Fsp3) is 0.417. The number of likely N-dealkylation sites (N-methyl/N-ethyl adjacent to an activating group) is 1. The average molecular weight is 431 g/mol. The molecule has 0 aromatic heterocycles. The molecule has 0 radical (unpaired) electrons. The van der Waals surface area contributed by atoms with Crippen molar-refractivity contribution in [2.75, 3.05) is 13.2 Å². The number of ether oxygens (including phenoxy) is 1. The first-order valence-electron chi connectivity index (χ1n) is 10.4. The lowest BCUT2D eigenvalue weighted by Crippen LogP contribution is -2.50. The molecular weight excluding hydrogens is 400 g/mol. The van der Waals surface area contributed by atoms with Gasteiger partial charge in [0.25, 0.3) is 5.91 Å². The largest absolute Gasteiger partial charge is 0.484 e. The van der Waals surface area contributed by atoms with Gasteiger partial charge in [-0.2, -0.15) is 0 Å². The lowest BCUT2D eigenvalue weighted by atomic mass is 10.0. The first kappa shape index (κ1) is 23.7. The first-order chi connectivity index (χ1) is 14.4. The maximum atomic E-state index is 13.1. The molecule has 2 aromatic carbocycles. The number of hydrogen-bond acceptors (Lipinski definition) is 3. The number of hydrogen-bond donors (Lipinski definition) is 1. The number of carbonyl (C=O) groups is 2. The molecule has 1 unspecified atom stereocenters. The van der Waals surface area contributed by atoms with Gasteiger partial charge < -0.3 is 15.0 Å². The summed E-state index contributed by atoms with van der Waals surface area (Å²) in [5, 5.41) is 3.38. The fourth-order valence-corrected chi connectivity index (χ4v) is 3.39. The molecule has 0 fully saturated rings. The second-order valence-electron chi connectivity index (χ2n) is 7.44. The van der Waals surface area contributed by atoms with Crippen LogP contribution >= 0.6 is 11.6 Å². The Kier molecular flexibility index (Phi) is 9.18. The highest BCUT2D eigenvalue weighted by Gasteiger charge is 2.29. The van der Waals surface area contributed by atoms with Crippen LogP contribution in [0.2, 0.25) is 5.02 Å². The van der Waals surface area contributed by atoms with Crippen LogP contribution in [0.5, 0.6) is 5.75 Å². The highest BCUT2D eigenvalue weighted by molar-refractivity contribution is 6.31. The Bertz CT molecular complexity index is 837. The molecular formula is C24H31ClN2O3. The van der Waals surface area contributed by atoms with Crippen molar-refractivity contribution >= 4 is 23.4 Å². The Labute approximate surface area is 184 Å². The van der Waals surface area contributed by atoms with E-state index in [1.165, 1.54) is 5.56 Å². The smallest absolute Gasteiger partial charge is 0.261 e. The lowest BCUT2D eigenvalue weighted by Gasteiger charge is -2.30. The van der Waals surface area contributed by atoms with Gasteiger partial charge in [-0.1, -0.05) is 62.7 Å². The van der Waals surface area contributed by atoms with Crippen LogP contribution in [0.3, 0.4) is 0 Å². The number of nitrogens with zero attached hydrogens (tertiary/aromatic N) is 1. The number of rotatable bonds is 10. The van der Waals surface area contributed by atoms with E-state index in [2.05, 4.69) is 19.2 Å². The first-order valence-corrected chi connectivity index (χ1v) is 10.8. The monoisotopic (exact) mass is 430 g/mol. The fourth-order valence-electron chi connectivity index (χ4n) is 3.20. The zero-order chi connectivity index (χ0) is 22.1. The summed E-state index contributed by atoms with van der Waals surface area (Å²) in [6, 6.07) is 14.5. The molecule has 0 aliphatic heterocycles. The minimum atomic E-state index is -0.597. The Morgan fingerprint density at radius 1 is 1.07 bits per heavy atom. The molecule has 0 heterocycles. The van der Waals surface area contributed by atoms with Crippen molar-refractivity contribution in [1.29, 1.82) is 0 Å². The maximum absolute atomic E-state index is 13.1. The second kappa shape index (κ2) is 11.6. The Hall–Kier alpha value is -2.53. The molecule has 2 amide bonds. The molecule has 1 N–H and O–H groups in total. The predicted octanol–water partition coefficient (Wildman–Crippen LogP) is 4.79. The van der Waals surface area contributed by atoms with Crippen LogP contribution in [0.4, 0.5) is 0 Å². The third-order valence-electron chi connectivity index (χ3n) is 4.94. The van der Waals surface area contributed by atoms with E-state index in [-0.39, 0.29) is 25.0 Å². The molecule has 2 aromatic rings. The summed E-state index contributed by atoms with van der Waals surface area (Å²) >= 11 is 6.31. The highest BCUT2D eigenvalue weighted by atomic mass is 35.5. The van der Waals surface area contributed by atoms with Gasteiger partial charge in [0.15, 0.2) is 6.61 Å². The zero-order valence-electron chi connectivity index (χ0n) is 18.2. The van der Waals surface area contributed by atoms with E-state index in [4.69, 9.17) is 16.3 Å². The number of nitrogens with one attached hydrogen (secondary N) is 1. The molecule has 0 saturated heterocycles. The molecule has 0 bridgehead atoms. The van der Waals surface area contributed by atoms with Crippen molar-refractivity contribution in [3.63, 3.8) is 0 Å². The van der Waals surface area contributed by atoms with Crippen LogP contribution in [0, 0.1) is 0 Å². The van der Waals surface area contributed by atoms with Crippen molar-refractivity contribution in [3.05, 3.63) is 64.7 Å². The standard InChI is InChI=1S/C24H31ClN2O3/c1-5-22(24(29)26-6-2)27(15-19-9-7-8-10-21(19)25)23(28)16-30-20-13-11-18(12-14-20)17(3)4/h7-14,17,22H,5-6,15-16H2,1-4H3,(H,26,29). The van der Waals surface area contributed by atoms with Gasteiger partial charge in [0.2, 0.25) is 5.91 Å². The van der Waals surface area contributed by atoms with E-state index in [1.54, 1.807) is 11.0 Å². The molecule has 0 aliphatic rings. The van der Waals surface area contributed by atoms with Gasteiger partial charge in [0.05, 0.1) is 0 Å².